The molecule has 1 N–H and O–H groups in total. The Balaban J connectivity index is 1.62. The molecular weight excluding hydrogens is 318 g/mol. The second kappa shape index (κ2) is 7.61. The molecule has 0 saturated carbocycles. The lowest BCUT2D eigenvalue weighted by molar-refractivity contribution is -0.123. The lowest BCUT2D eigenvalue weighted by Crippen LogP contribution is -2.28. The van der Waals surface area contributed by atoms with Crippen molar-refractivity contribution in [2.45, 2.75) is 20.4 Å². The van der Waals surface area contributed by atoms with E-state index in [0.717, 1.165) is 11.3 Å². The molecule has 128 valence electrons. The van der Waals surface area contributed by atoms with E-state index in [4.69, 9.17) is 9.15 Å². The van der Waals surface area contributed by atoms with Gasteiger partial charge in [-0.15, -0.1) is 0 Å². The molecule has 0 saturated heterocycles. The average molecular weight is 337 g/mol. The zero-order valence-corrected chi connectivity index (χ0v) is 14.2. The van der Waals surface area contributed by atoms with Crippen molar-refractivity contribution in [1.82, 2.24) is 15.3 Å². The Morgan fingerprint density at radius 3 is 2.68 bits per heavy atom. The Labute approximate surface area is 145 Å². The van der Waals surface area contributed by atoms with Crippen LogP contribution in [0.25, 0.3) is 11.4 Å². The van der Waals surface area contributed by atoms with Crippen LogP contribution in [0.15, 0.2) is 53.1 Å². The summed E-state index contributed by atoms with van der Waals surface area (Å²) in [6.07, 6.45) is 1.56. The first kappa shape index (κ1) is 16.7. The fourth-order valence-corrected chi connectivity index (χ4v) is 2.23. The number of amides is 1. The van der Waals surface area contributed by atoms with Gasteiger partial charge in [0.2, 0.25) is 5.88 Å². The smallest absolute Gasteiger partial charge is 0.258 e. The molecule has 6 heteroatoms. The van der Waals surface area contributed by atoms with Gasteiger partial charge in [0.05, 0.1) is 12.8 Å². The molecular formula is C19H19N3O3. The van der Waals surface area contributed by atoms with Gasteiger partial charge in [0, 0.05) is 17.3 Å². The Morgan fingerprint density at radius 1 is 1.16 bits per heavy atom. The number of furan rings is 1. The van der Waals surface area contributed by atoms with Gasteiger partial charge in [0.15, 0.2) is 12.4 Å². The molecule has 3 aromatic rings. The highest BCUT2D eigenvalue weighted by Gasteiger charge is 2.08. The van der Waals surface area contributed by atoms with E-state index in [1.165, 1.54) is 5.56 Å². The predicted molar refractivity (Wildman–Crippen MR) is 93.0 cm³/mol. The number of aromatic nitrogens is 2. The van der Waals surface area contributed by atoms with E-state index in [1.807, 2.05) is 38.1 Å². The fourth-order valence-electron chi connectivity index (χ4n) is 2.23. The first-order valence-electron chi connectivity index (χ1n) is 7.95. The molecule has 6 nitrogen and oxygen atoms in total. The van der Waals surface area contributed by atoms with Gasteiger partial charge in [0.1, 0.15) is 5.76 Å². The Hall–Kier alpha value is -3.15. The molecule has 0 radical (unpaired) electrons. The third-order valence-electron chi connectivity index (χ3n) is 3.53. The summed E-state index contributed by atoms with van der Waals surface area (Å²) in [4.78, 5) is 20.7. The largest absolute Gasteiger partial charge is 0.467 e. The first-order chi connectivity index (χ1) is 12.1. The van der Waals surface area contributed by atoms with Crippen molar-refractivity contribution in [3.05, 3.63) is 65.7 Å². The molecule has 0 aliphatic heterocycles. The molecule has 0 fully saturated rings. The van der Waals surface area contributed by atoms with E-state index in [1.54, 1.807) is 24.5 Å². The number of ether oxygens (including phenoxy) is 1. The Kier molecular flexibility index (Phi) is 5.09. The molecule has 0 spiro atoms. The van der Waals surface area contributed by atoms with Crippen LogP contribution in [-0.4, -0.2) is 22.5 Å². The second-order valence-electron chi connectivity index (χ2n) is 5.68. The number of nitrogens with zero attached hydrogens (tertiary/aromatic N) is 2. The van der Waals surface area contributed by atoms with Gasteiger partial charge >= 0.3 is 0 Å². The minimum atomic E-state index is -0.246. The summed E-state index contributed by atoms with van der Waals surface area (Å²) >= 11 is 0. The van der Waals surface area contributed by atoms with Gasteiger partial charge in [-0.25, -0.2) is 4.98 Å². The molecule has 1 aromatic carbocycles. The molecule has 0 aliphatic rings. The number of rotatable bonds is 6. The zero-order chi connectivity index (χ0) is 17.6. The maximum atomic E-state index is 11.9. The van der Waals surface area contributed by atoms with Crippen molar-refractivity contribution in [2.75, 3.05) is 6.61 Å². The second-order valence-corrected chi connectivity index (χ2v) is 5.68. The Bertz CT molecular complexity index is 843. The maximum Gasteiger partial charge on any atom is 0.258 e. The molecule has 0 aliphatic carbocycles. The number of carbonyl (C=O) groups is 1. The number of aryl methyl sites for hydroxylation is 2. The lowest BCUT2D eigenvalue weighted by atomic mass is 10.1. The summed E-state index contributed by atoms with van der Waals surface area (Å²) in [6.45, 7) is 4.09. The number of carbonyl (C=O) groups excluding carboxylic acids is 1. The SMILES string of the molecule is Cc1ccc(-c2nc(C)cc(OCC(=O)NCc3ccco3)n2)cc1. The van der Waals surface area contributed by atoms with Crippen molar-refractivity contribution >= 4 is 5.91 Å². The van der Waals surface area contributed by atoms with Crippen LogP contribution in [0.5, 0.6) is 5.88 Å². The number of hydrogen-bond donors (Lipinski definition) is 1. The van der Waals surface area contributed by atoms with E-state index >= 15 is 0 Å². The van der Waals surface area contributed by atoms with Crippen LogP contribution < -0.4 is 10.1 Å². The van der Waals surface area contributed by atoms with Gasteiger partial charge in [-0.1, -0.05) is 29.8 Å². The lowest BCUT2D eigenvalue weighted by Gasteiger charge is -2.08. The monoisotopic (exact) mass is 337 g/mol. The summed E-state index contributed by atoms with van der Waals surface area (Å²) in [5, 5.41) is 2.72. The summed E-state index contributed by atoms with van der Waals surface area (Å²) in [5.41, 5.74) is 2.85. The first-order valence-corrected chi connectivity index (χ1v) is 7.95. The topological polar surface area (TPSA) is 77.2 Å². The van der Waals surface area contributed by atoms with Gasteiger partial charge in [-0.2, -0.15) is 4.98 Å². The molecule has 2 heterocycles. The molecule has 25 heavy (non-hydrogen) atoms. The average Bonchev–Trinajstić information content (AvgIpc) is 3.12. The van der Waals surface area contributed by atoms with Crippen molar-refractivity contribution < 1.29 is 13.9 Å². The minimum absolute atomic E-state index is 0.121. The maximum absolute atomic E-state index is 11.9. The highest BCUT2D eigenvalue weighted by atomic mass is 16.5. The van der Waals surface area contributed by atoms with Crippen LogP contribution in [0.3, 0.4) is 0 Å². The zero-order valence-electron chi connectivity index (χ0n) is 14.2. The third kappa shape index (κ3) is 4.67. The van der Waals surface area contributed by atoms with Crippen molar-refractivity contribution in [1.29, 1.82) is 0 Å². The number of hydrogen-bond acceptors (Lipinski definition) is 5. The minimum Gasteiger partial charge on any atom is -0.467 e. The molecule has 1 amide bonds. The van der Waals surface area contributed by atoms with E-state index in [2.05, 4.69) is 15.3 Å². The van der Waals surface area contributed by atoms with Crippen molar-refractivity contribution in [3.8, 4) is 17.3 Å². The molecule has 3 rings (SSSR count). The van der Waals surface area contributed by atoms with Gasteiger partial charge in [0.25, 0.3) is 5.91 Å². The van der Waals surface area contributed by atoms with Crippen LogP contribution in [0.4, 0.5) is 0 Å². The molecule has 0 atom stereocenters. The number of nitrogens with one attached hydrogen (secondary N) is 1. The van der Waals surface area contributed by atoms with Crippen LogP contribution in [0.1, 0.15) is 17.0 Å². The van der Waals surface area contributed by atoms with Crippen molar-refractivity contribution in [2.24, 2.45) is 0 Å². The molecule has 0 unspecified atom stereocenters. The quantitative estimate of drug-likeness (QED) is 0.748. The number of benzene rings is 1. The van der Waals surface area contributed by atoms with Gasteiger partial charge in [-0.3, -0.25) is 4.79 Å². The van der Waals surface area contributed by atoms with Gasteiger partial charge < -0.3 is 14.5 Å². The van der Waals surface area contributed by atoms with E-state index in [-0.39, 0.29) is 12.5 Å². The standard InChI is InChI=1S/C19H19N3O3/c1-13-5-7-15(8-6-13)19-21-14(2)10-18(22-19)25-12-17(23)20-11-16-4-3-9-24-16/h3-10H,11-12H2,1-2H3,(H,20,23). The highest BCUT2D eigenvalue weighted by molar-refractivity contribution is 5.77. The fraction of sp³-hybridized carbons (Fsp3) is 0.211. The van der Waals surface area contributed by atoms with Crippen LogP contribution in [0, 0.1) is 13.8 Å². The summed E-state index contributed by atoms with van der Waals surface area (Å²) in [6, 6.07) is 13.2. The molecule has 2 aromatic heterocycles. The van der Waals surface area contributed by atoms with E-state index < -0.39 is 0 Å². The predicted octanol–water partition coefficient (Wildman–Crippen LogP) is 3.05. The Morgan fingerprint density at radius 2 is 1.96 bits per heavy atom. The third-order valence-corrected chi connectivity index (χ3v) is 3.53. The molecule has 0 bridgehead atoms. The summed E-state index contributed by atoms with van der Waals surface area (Å²) in [7, 11) is 0. The van der Waals surface area contributed by atoms with E-state index in [9.17, 15) is 4.79 Å². The van der Waals surface area contributed by atoms with Crippen molar-refractivity contribution in [3.63, 3.8) is 0 Å². The van der Waals surface area contributed by atoms with E-state index in [0.29, 0.717) is 24.0 Å². The highest BCUT2D eigenvalue weighted by Crippen LogP contribution is 2.19. The van der Waals surface area contributed by atoms with Crippen LogP contribution >= 0.6 is 0 Å². The normalized spacial score (nSPS) is 10.5. The van der Waals surface area contributed by atoms with Crippen LogP contribution in [0.2, 0.25) is 0 Å². The van der Waals surface area contributed by atoms with Gasteiger partial charge in [-0.05, 0) is 26.0 Å². The summed E-state index contributed by atoms with van der Waals surface area (Å²) in [5.74, 6) is 1.39. The summed E-state index contributed by atoms with van der Waals surface area (Å²) < 4.78 is 10.7. The van der Waals surface area contributed by atoms with Crippen LogP contribution in [-0.2, 0) is 11.3 Å².